The number of nitrogens with zero attached hydrogens (tertiary/aromatic N) is 6. The minimum atomic E-state index is -0.612. The number of alkyl carbamates (subject to hydrolysis) is 1. The molecular weight excluding hydrogens is 458 g/mol. The molecule has 0 saturated carbocycles. The van der Waals surface area contributed by atoms with Gasteiger partial charge in [-0.2, -0.15) is 10.2 Å². The van der Waals surface area contributed by atoms with Crippen LogP contribution in [0.15, 0.2) is 48.9 Å². The van der Waals surface area contributed by atoms with E-state index in [-0.39, 0.29) is 19.0 Å². The molecule has 36 heavy (non-hydrogen) atoms. The minimum Gasteiger partial charge on any atom is -0.444 e. The van der Waals surface area contributed by atoms with Gasteiger partial charge in [0.05, 0.1) is 29.5 Å². The molecule has 3 aromatic heterocycles. The highest BCUT2D eigenvalue weighted by atomic mass is 16.6. The van der Waals surface area contributed by atoms with Crippen LogP contribution in [0.1, 0.15) is 32.0 Å². The van der Waals surface area contributed by atoms with Crippen LogP contribution >= 0.6 is 0 Å². The molecule has 188 valence electrons. The van der Waals surface area contributed by atoms with Gasteiger partial charge in [-0.3, -0.25) is 9.48 Å². The number of benzene rings is 1. The summed E-state index contributed by atoms with van der Waals surface area (Å²) in [6.45, 7) is 7.75. The summed E-state index contributed by atoms with van der Waals surface area (Å²) in [5.41, 5.74) is 4.32. The molecule has 1 N–H and O–H groups in total. The number of rotatable bonds is 6. The van der Waals surface area contributed by atoms with E-state index in [2.05, 4.69) is 15.4 Å². The number of carbonyl (C=O) groups is 2. The van der Waals surface area contributed by atoms with Crippen LogP contribution in [0.4, 0.5) is 4.79 Å². The van der Waals surface area contributed by atoms with Gasteiger partial charge < -0.3 is 15.0 Å². The van der Waals surface area contributed by atoms with Gasteiger partial charge in [0.25, 0.3) is 0 Å². The van der Waals surface area contributed by atoms with E-state index in [0.29, 0.717) is 11.3 Å². The predicted octanol–water partition coefficient (Wildman–Crippen LogP) is 3.71. The van der Waals surface area contributed by atoms with Crippen molar-refractivity contribution in [1.29, 1.82) is 0 Å². The van der Waals surface area contributed by atoms with Crippen LogP contribution in [0, 0.1) is 6.92 Å². The summed E-state index contributed by atoms with van der Waals surface area (Å²) in [5, 5.41) is 12.8. The lowest BCUT2D eigenvalue weighted by molar-refractivity contribution is -0.129. The van der Waals surface area contributed by atoms with Crippen molar-refractivity contribution in [2.45, 2.75) is 46.4 Å². The van der Waals surface area contributed by atoms with Crippen LogP contribution in [0.5, 0.6) is 0 Å². The Morgan fingerprint density at radius 3 is 2.50 bits per heavy atom. The fraction of sp³-hybridized carbons (Fsp3) is 0.346. The first kappa shape index (κ1) is 24.9. The number of fused-ring (bicyclic) bond motifs is 1. The Morgan fingerprint density at radius 1 is 1.11 bits per heavy atom. The van der Waals surface area contributed by atoms with Crippen LogP contribution in [0.25, 0.3) is 27.8 Å². The van der Waals surface area contributed by atoms with Crippen LogP contribution in [0.3, 0.4) is 0 Å². The molecule has 0 spiro atoms. The SMILES string of the molecule is Cc1ccc(-n2nc(CNC(=O)OC(C)(C)C)c3c(-c4cnn(CC(=O)N(C)C)c4)ccnc32)cc1. The molecule has 0 radical (unpaired) electrons. The second kappa shape index (κ2) is 9.80. The largest absolute Gasteiger partial charge is 0.444 e. The zero-order valence-corrected chi connectivity index (χ0v) is 21.4. The third-order valence-corrected chi connectivity index (χ3v) is 5.46. The van der Waals surface area contributed by atoms with Gasteiger partial charge in [0.1, 0.15) is 12.1 Å². The van der Waals surface area contributed by atoms with Crippen molar-refractivity contribution in [1.82, 2.24) is 34.8 Å². The van der Waals surface area contributed by atoms with Crippen molar-refractivity contribution in [3.8, 4) is 16.8 Å². The number of hydrogen-bond acceptors (Lipinski definition) is 6. The maximum Gasteiger partial charge on any atom is 0.407 e. The summed E-state index contributed by atoms with van der Waals surface area (Å²) in [6, 6.07) is 9.86. The summed E-state index contributed by atoms with van der Waals surface area (Å²) in [5.74, 6) is -0.0565. The molecule has 0 aliphatic carbocycles. The molecule has 0 atom stereocenters. The number of carbonyl (C=O) groups excluding carboxylic acids is 2. The topological polar surface area (TPSA) is 107 Å². The highest BCUT2D eigenvalue weighted by Gasteiger charge is 2.21. The monoisotopic (exact) mass is 489 g/mol. The fourth-order valence-corrected chi connectivity index (χ4v) is 3.68. The molecular formula is C26H31N7O3. The summed E-state index contributed by atoms with van der Waals surface area (Å²) in [6.07, 6.45) is 4.73. The fourth-order valence-electron chi connectivity index (χ4n) is 3.68. The van der Waals surface area contributed by atoms with Gasteiger partial charge in [-0.15, -0.1) is 0 Å². The number of aromatic nitrogens is 5. The molecule has 4 aromatic rings. The Bertz CT molecular complexity index is 1400. The van der Waals surface area contributed by atoms with Gasteiger partial charge in [-0.25, -0.2) is 14.5 Å². The molecule has 1 aromatic carbocycles. The van der Waals surface area contributed by atoms with Gasteiger partial charge in [-0.1, -0.05) is 17.7 Å². The maximum atomic E-state index is 12.4. The smallest absolute Gasteiger partial charge is 0.407 e. The number of aryl methyl sites for hydroxylation is 1. The maximum absolute atomic E-state index is 12.4. The highest BCUT2D eigenvalue weighted by molar-refractivity contribution is 5.95. The molecule has 0 aliphatic rings. The van der Waals surface area contributed by atoms with E-state index in [9.17, 15) is 9.59 Å². The summed E-state index contributed by atoms with van der Waals surface area (Å²) in [4.78, 5) is 30.7. The number of likely N-dealkylation sites (N-methyl/N-ethyl adjacent to an activating group) is 1. The summed E-state index contributed by atoms with van der Waals surface area (Å²) < 4.78 is 8.77. The lowest BCUT2D eigenvalue weighted by Gasteiger charge is -2.19. The van der Waals surface area contributed by atoms with E-state index in [1.54, 1.807) is 35.9 Å². The second-order valence-electron chi connectivity index (χ2n) is 9.82. The van der Waals surface area contributed by atoms with Gasteiger partial charge in [-0.05, 0) is 51.5 Å². The third-order valence-electron chi connectivity index (χ3n) is 5.46. The Kier molecular flexibility index (Phi) is 6.78. The zero-order chi connectivity index (χ0) is 26.0. The Morgan fingerprint density at radius 2 is 1.83 bits per heavy atom. The number of pyridine rings is 1. The third kappa shape index (κ3) is 5.54. The molecule has 0 fully saturated rings. The quantitative estimate of drug-likeness (QED) is 0.443. The van der Waals surface area contributed by atoms with E-state index >= 15 is 0 Å². The second-order valence-corrected chi connectivity index (χ2v) is 9.82. The van der Waals surface area contributed by atoms with Crippen molar-refractivity contribution in [2.75, 3.05) is 14.1 Å². The van der Waals surface area contributed by atoms with Crippen LogP contribution in [0.2, 0.25) is 0 Å². The van der Waals surface area contributed by atoms with Crippen LogP contribution < -0.4 is 5.32 Å². The lowest BCUT2D eigenvalue weighted by Crippen LogP contribution is -2.32. The van der Waals surface area contributed by atoms with Crippen molar-refractivity contribution in [2.24, 2.45) is 0 Å². The highest BCUT2D eigenvalue weighted by Crippen LogP contribution is 2.31. The normalized spacial score (nSPS) is 11.5. The van der Waals surface area contributed by atoms with Gasteiger partial charge in [0, 0.05) is 32.1 Å². The first-order chi connectivity index (χ1) is 17.0. The first-order valence-corrected chi connectivity index (χ1v) is 11.7. The number of amides is 2. The first-order valence-electron chi connectivity index (χ1n) is 11.7. The predicted molar refractivity (Wildman–Crippen MR) is 137 cm³/mol. The molecule has 0 aliphatic heterocycles. The summed E-state index contributed by atoms with van der Waals surface area (Å²) >= 11 is 0. The standard InChI is InChI=1S/C26H31N7O3/c1-17-7-9-19(10-8-17)33-24-23(21(30-33)14-28-25(35)36-26(2,3)4)20(11-12-27-24)18-13-29-32(15-18)16-22(34)31(5)6/h7-13,15H,14,16H2,1-6H3,(H,28,35). The van der Waals surface area contributed by atoms with E-state index in [0.717, 1.165) is 27.8 Å². The van der Waals surface area contributed by atoms with Crippen molar-refractivity contribution in [3.63, 3.8) is 0 Å². The molecule has 3 heterocycles. The number of ether oxygens (including phenoxy) is 1. The average molecular weight is 490 g/mol. The average Bonchev–Trinajstić information content (AvgIpc) is 3.42. The van der Waals surface area contributed by atoms with E-state index in [1.165, 1.54) is 4.90 Å². The molecule has 2 amide bonds. The lowest BCUT2D eigenvalue weighted by atomic mass is 10.1. The Labute approximate surface area is 209 Å². The minimum absolute atomic E-state index is 0.0565. The van der Waals surface area contributed by atoms with Crippen molar-refractivity contribution < 1.29 is 14.3 Å². The Balaban J connectivity index is 1.77. The van der Waals surface area contributed by atoms with Gasteiger partial charge in [0.15, 0.2) is 5.65 Å². The molecule has 0 unspecified atom stereocenters. The van der Waals surface area contributed by atoms with E-state index in [1.807, 2.05) is 64.2 Å². The number of hydrogen-bond donors (Lipinski definition) is 1. The van der Waals surface area contributed by atoms with Crippen molar-refractivity contribution >= 4 is 23.0 Å². The van der Waals surface area contributed by atoms with Crippen LogP contribution in [-0.2, 0) is 22.6 Å². The molecule has 10 nitrogen and oxygen atoms in total. The molecule has 4 rings (SSSR count). The van der Waals surface area contributed by atoms with E-state index < -0.39 is 11.7 Å². The van der Waals surface area contributed by atoms with Crippen LogP contribution in [-0.4, -0.2) is 61.1 Å². The van der Waals surface area contributed by atoms with E-state index in [4.69, 9.17) is 9.84 Å². The van der Waals surface area contributed by atoms with Gasteiger partial charge >= 0.3 is 6.09 Å². The Hall–Kier alpha value is -4.21. The number of nitrogens with one attached hydrogen (secondary N) is 1. The van der Waals surface area contributed by atoms with Crippen molar-refractivity contribution in [3.05, 3.63) is 60.2 Å². The molecule has 0 saturated heterocycles. The molecule has 0 bridgehead atoms. The van der Waals surface area contributed by atoms with Gasteiger partial charge in [0.2, 0.25) is 5.91 Å². The zero-order valence-electron chi connectivity index (χ0n) is 21.4. The molecule has 10 heteroatoms. The summed E-state index contributed by atoms with van der Waals surface area (Å²) in [7, 11) is 3.42.